The minimum absolute atomic E-state index is 0.348. The second-order valence-electron chi connectivity index (χ2n) is 4.30. The molecule has 0 spiro atoms. The summed E-state index contributed by atoms with van der Waals surface area (Å²) in [7, 11) is 1.60. The Morgan fingerprint density at radius 3 is 2.45 bits per heavy atom. The summed E-state index contributed by atoms with van der Waals surface area (Å²) in [5.41, 5.74) is 1.07. The molecule has 0 bridgehead atoms. The van der Waals surface area contributed by atoms with Gasteiger partial charge in [-0.3, -0.25) is 0 Å². The van der Waals surface area contributed by atoms with Crippen LogP contribution in [-0.4, -0.2) is 36.8 Å². The van der Waals surface area contributed by atoms with E-state index in [-0.39, 0.29) is 0 Å². The summed E-state index contributed by atoms with van der Waals surface area (Å²) in [6.07, 6.45) is 1.02. The number of hydrogen-bond donors (Lipinski definition) is 3. The fourth-order valence-electron chi connectivity index (χ4n) is 1.66. The minimum atomic E-state index is -1.03. The van der Waals surface area contributed by atoms with Gasteiger partial charge in [0.15, 0.2) is 0 Å². The van der Waals surface area contributed by atoms with E-state index in [1.54, 1.807) is 14.0 Å². The molecule has 1 atom stereocenters. The molecular weight excluding hydrogens is 260 g/mol. The first-order chi connectivity index (χ1) is 9.56. The maximum Gasteiger partial charge on any atom is 0.326 e. The normalized spacial score (nSPS) is 11.5. The van der Waals surface area contributed by atoms with E-state index < -0.39 is 18.0 Å². The molecule has 0 aliphatic rings. The van der Waals surface area contributed by atoms with Gasteiger partial charge in [-0.2, -0.15) is 0 Å². The number of ether oxygens (including phenoxy) is 1. The van der Waals surface area contributed by atoms with Crippen molar-refractivity contribution in [1.82, 2.24) is 10.6 Å². The van der Waals surface area contributed by atoms with Crippen LogP contribution in [0.5, 0.6) is 5.75 Å². The van der Waals surface area contributed by atoms with Crippen LogP contribution in [0, 0.1) is 0 Å². The molecule has 0 fully saturated rings. The smallest absolute Gasteiger partial charge is 0.326 e. The van der Waals surface area contributed by atoms with E-state index in [4.69, 9.17) is 9.84 Å². The number of rotatable bonds is 7. The van der Waals surface area contributed by atoms with Gasteiger partial charge in [-0.1, -0.05) is 19.1 Å². The van der Waals surface area contributed by atoms with Crippen molar-refractivity contribution in [2.75, 3.05) is 13.7 Å². The standard InChI is InChI=1S/C14H20N2O4/c1-3-12(13(17)18)16-14(19)15-9-8-10-4-6-11(20-2)7-5-10/h4-7,12H,3,8-9H2,1-2H3,(H,17,18)(H2,15,16,19). The molecule has 0 heterocycles. The first-order valence-corrected chi connectivity index (χ1v) is 6.47. The predicted octanol–water partition coefficient (Wildman–Crippen LogP) is 1.40. The fraction of sp³-hybridized carbons (Fsp3) is 0.429. The summed E-state index contributed by atoms with van der Waals surface area (Å²) in [4.78, 5) is 22.3. The molecule has 1 unspecified atom stereocenters. The van der Waals surface area contributed by atoms with Gasteiger partial charge in [-0.15, -0.1) is 0 Å². The Balaban J connectivity index is 2.32. The zero-order valence-corrected chi connectivity index (χ0v) is 11.7. The van der Waals surface area contributed by atoms with Crippen LogP contribution in [-0.2, 0) is 11.2 Å². The summed E-state index contributed by atoms with van der Waals surface area (Å²) in [5.74, 6) is -0.246. The fourth-order valence-corrected chi connectivity index (χ4v) is 1.66. The largest absolute Gasteiger partial charge is 0.497 e. The lowest BCUT2D eigenvalue weighted by atomic mass is 10.1. The third-order valence-corrected chi connectivity index (χ3v) is 2.87. The third kappa shape index (κ3) is 5.17. The quantitative estimate of drug-likeness (QED) is 0.704. The number of amides is 2. The molecule has 1 aromatic rings. The molecule has 0 saturated carbocycles. The zero-order chi connectivity index (χ0) is 15.0. The molecule has 0 saturated heterocycles. The minimum Gasteiger partial charge on any atom is -0.497 e. The Morgan fingerprint density at radius 2 is 1.95 bits per heavy atom. The van der Waals surface area contributed by atoms with Crippen molar-refractivity contribution < 1.29 is 19.4 Å². The predicted molar refractivity (Wildman–Crippen MR) is 74.9 cm³/mol. The molecule has 6 heteroatoms. The van der Waals surface area contributed by atoms with Gasteiger partial charge in [-0.05, 0) is 30.5 Å². The number of hydrogen-bond acceptors (Lipinski definition) is 3. The third-order valence-electron chi connectivity index (χ3n) is 2.87. The van der Waals surface area contributed by atoms with E-state index in [1.165, 1.54) is 0 Å². The number of benzene rings is 1. The molecule has 110 valence electrons. The summed E-state index contributed by atoms with van der Waals surface area (Å²) < 4.78 is 5.06. The van der Waals surface area contributed by atoms with Crippen molar-refractivity contribution in [3.8, 4) is 5.75 Å². The molecule has 1 rings (SSSR count). The van der Waals surface area contributed by atoms with E-state index in [1.807, 2.05) is 24.3 Å². The molecular formula is C14H20N2O4. The van der Waals surface area contributed by atoms with Crippen molar-refractivity contribution in [2.45, 2.75) is 25.8 Å². The van der Waals surface area contributed by atoms with Crippen LogP contribution in [0.1, 0.15) is 18.9 Å². The number of aliphatic carboxylic acids is 1. The van der Waals surface area contributed by atoms with Crippen LogP contribution in [0.4, 0.5) is 4.79 Å². The maximum atomic E-state index is 11.5. The number of carbonyl (C=O) groups is 2. The van der Waals surface area contributed by atoms with Gasteiger partial charge >= 0.3 is 12.0 Å². The number of nitrogens with one attached hydrogen (secondary N) is 2. The molecule has 1 aromatic carbocycles. The number of carboxylic acids is 1. The maximum absolute atomic E-state index is 11.5. The molecule has 3 N–H and O–H groups in total. The molecule has 20 heavy (non-hydrogen) atoms. The highest BCUT2D eigenvalue weighted by Gasteiger charge is 2.16. The lowest BCUT2D eigenvalue weighted by molar-refractivity contribution is -0.139. The Bertz CT molecular complexity index is 445. The average Bonchev–Trinajstić information content (AvgIpc) is 2.45. The van der Waals surface area contributed by atoms with Crippen LogP contribution in [0.2, 0.25) is 0 Å². The first kappa shape index (κ1) is 15.8. The topological polar surface area (TPSA) is 87.7 Å². The van der Waals surface area contributed by atoms with E-state index in [0.717, 1.165) is 11.3 Å². The Kier molecular flexibility index (Phi) is 6.36. The number of urea groups is 1. The molecule has 2 amide bonds. The summed E-state index contributed by atoms with van der Waals surface area (Å²) in [6, 6.07) is 6.23. The van der Waals surface area contributed by atoms with Crippen molar-refractivity contribution in [3.63, 3.8) is 0 Å². The highest BCUT2D eigenvalue weighted by molar-refractivity contribution is 5.82. The van der Waals surface area contributed by atoms with Gasteiger partial charge < -0.3 is 20.5 Å². The van der Waals surface area contributed by atoms with Crippen molar-refractivity contribution in [1.29, 1.82) is 0 Å². The monoisotopic (exact) mass is 280 g/mol. The van der Waals surface area contributed by atoms with Crippen LogP contribution in [0.3, 0.4) is 0 Å². The van der Waals surface area contributed by atoms with Gasteiger partial charge in [-0.25, -0.2) is 9.59 Å². The van der Waals surface area contributed by atoms with Crippen LogP contribution in [0.25, 0.3) is 0 Å². The van der Waals surface area contributed by atoms with Crippen molar-refractivity contribution >= 4 is 12.0 Å². The highest BCUT2D eigenvalue weighted by Crippen LogP contribution is 2.11. The van der Waals surface area contributed by atoms with E-state index in [9.17, 15) is 9.59 Å². The number of carbonyl (C=O) groups excluding carboxylic acids is 1. The molecule has 0 radical (unpaired) electrons. The molecule has 6 nitrogen and oxygen atoms in total. The lowest BCUT2D eigenvalue weighted by Gasteiger charge is -2.13. The molecule has 0 aromatic heterocycles. The zero-order valence-electron chi connectivity index (χ0n) is 11.7. The second kappa shape index (κ2) is 8.04. The van der Waals surface area contributed by atoms with Gasteiger partial charge in [0.2, 0.25) is 0 Å². The van der Waals surface area contributed by atoms with Gasteiger partial charge in [0, 0.05) is 6.54 Å². The van der Waals surface area contributed by atoms with Crippen molar-refractivity contribution in [3.05, 3.63) is 29.8 Å². The summed E-state index contributed by atoms with van der Waals surface area (Å²) >= 11 is 0. The average molecular weight is 280 g/mol. The van der Waals surface area contributed by atoms with Crippen molar-refractivity contribution in [2.24, 2.45) is 0 Å². The molecule has 0 aliphatic carbocycles. The van der Waals surface area contributed by atoms with E-state index >= 15 is 0 Å². The summed E-state index contributed by atoms with van der Waals surface area (Å²) in [5, 5.41) is 13.9. The second-order valence-corrected chi connectivity index (χ2v) is 4.30. The Hall–Kier alpha value is -2.24. The Morgan fingerprint density at radius 1 is 1.30 bits per heavy atom. The first-order valence-electron chi connectivity index (χ1n) is 6.47. The van der Waals surface area contributed by atoms with E-state index in [2.05, 4.69) is 10.6 Å². The highest BCUT2D eigenvalue weighted by atomic mass is 16.5. The summed E-state index contributed by atoms with van der Waals surface area (Å²) in [6.45, 7) is 2.14. The van der Waals surface area contributed by atoms with Crippen LogP contribution in [0.15, 0.2) is 24.3 Å². The Labute approximate surface area is 118 Å². The number of methoxy groups -OCH3 is 1. The van der Waals surface area contributed by atoms with Gasteiger partial charge in [0.1, 0.15) is 11.8 Å². The van der Waals surface area contributed by atoms with Gasteiger partial charge in [0.25, 0.3) is 0 Å². The SMILES string of the molecule is CCC(NC(=O)NCCc1ccc(OC)cc1)C(=O)O. The number of carboxylic acid groups (broad SMARTS) is 1. The van der Waals surface area contributed by atoms with E-state index in [0.29, 0.717) is 19.4 Å². The van der Waals surface area contributed by atoms with Crippen LogP contribution < -0.4 is 15.4 Å². The molecule has 0 aliphatic heterocycles. The van der Waals surface area contributed by atoms with Gasteiger partial charge in [0.05, 0.1) is 7.11 Å². The lowest BCUT2D eigenvalue weighted by Crippen LogP contribution is -2.46. The van der Waals surface area contributed by atoms with Crippen LogP contribution >= 0.6 is 0 Å².